The van der Waals surface area contributed by atoms with Crippen molar-refractivity contribution < 1.29 is 13.6 Å². The lowest BCUT2D eigenvalue weighted by Crippen LogP contribution is -2.16. The molecule has 2 rings (SSSR count). The Morgan fingerprint density at radius 2 is 1.95 bits per heavy atom. The molecule has 104 valence electrons. The summed E-state index contributed by atoms with van der Waals surface area (Å²) in [5, 5.41) is 2.57. The summed E-state index contributed by atoms with van der Waals surface area (Å²) < 4.78 is 27.1. The normalized spacial score (nSPS) is 10.4. The van der Waals surface area contributed by atoms with Crippen molar-refractivity contribution in [2.24, 2.45) is 0 Å². The molecule has 2 aromatic rings. The summed E-state index contributed by atoms with van der Waals surface area (Å²) in [7, 11) is 0. The Kier molecular flexibility index (Phi) is 4.35. The first-order valence-electron chi connectivity index (χ1n) is 5.96. The second kappa shape index (κ2) is 6.01. The van der Waals surface area contributed by atoms with E-state index in [1.54, 1.807) is 13.0 Å². The molecule has 0 spiro atoms. The minimum Gasteiger partial charge on any atom is -0.323 e. The van der Waals surface area contributed by atoms with Crippen LogP contribution >= 0.6 is 11.6 Å². The quantitative estimate of drug-likeness (QED) is 0.907. The van der Waals surface area contributed by atoms with Gasteiger partial charge in [0.05, 0.1) is 12.1 Å². The molecule has 1 amide bonds. The van der Waals surface area contributed by atoms with E-state index in [4.69, 9.17) is 11.6 Å². The van der Waals surface area contributed by atoms with Crippen LogP contribution in [0.25, 0.3) is 0 Å². The van der Waals surface area contributed by atoms with Crippen molar-refractivity contribution in [1.29, 1.82) is 0 Å². The lowest BCUT2D eigenvalue weighted by atomic mass is 10.1. The molecule has 0 bridgehead atoms. The topological polar surface area (TPSA) is 29.1 Å². The van der Waals surface area contributed by atoms with Crippen molar-refractivity contribution in [2.75, 3.05) is 5.32 Å². The second-order valence-corrected chi connectivity index (χ2v) is 4.82. The fourth-order valence-electron chi connectivity index (χ4n) is 1.78. The van der Waals surface area contributed by atoms with E-state index in [1.807, 2.05) is 0 Å². The molecule has 0 aliphatic rings. The minimum atomic E-state index is -0.558. The summed E-state index contributed by atoms with van der Waals surface area (Å²) in [5.74, 6) is -1.62. The lowest BCUT2D eigenvalue weighted by molar-refractivity contribution is -0.115. The van der Waals surface area contributed by atoms with Crippen LogP contribution in [0.5, 0.6) is 0 Å². The predicted octanol–water partition coefficient (Wildman–Crippen LogP) is 4.11. The molecule has 0 heterocycles. The van der Waals surface area contributed by atoms with Gasteiger partial charge < -0.3 is 5.32 Å². The number of hydrogen-bond donors (Lipinski definition) is 1. The molecule has 0 saturated carbocycles. The number of rotatable bonds is 3. The molecule has 1 N–H and O–H groups in total. The van der Waals surface area contributed by atoms with E-state index in [-0.39, 0.29) is 22.7 Å². The van der Waals surface area contributed by atoms with Crippen LogP contribution in [-0.2, 0) is 11.2 Å². The molecule has 0 radical (unpaired) electrons. The fourth-order valence-corrected chi connectivity index (χ4v) is 2.01. The van der Waals surface area contributed by atoms with Gasteiger partial charge in [-0.2, -0.15) is 0 Å². The third-order valence-electron chi connectivity index (χ3n) is 2.80. The van der Waals surface area contributed by atoms with E-state index >= 15 is 0 Å². The molecule has 0 unspecified atom stereocenters. The van der Waals surface area contributed by atoms with Crippen molar-refractivity contribution in [3.8, 4) is 0 Å². The van der Waals surface area contributed by atoms with E-state index in [0.29, 0.717) is 0 Å². The van der Waals surface area contributed by atoms with Gasteiger partial charge in [0.2, 0.25) is 5.91 Å². The Balaban J connectivity index is 2.13. The van der Waals surface area contributed by atoms with E-state index in [2.05, 4.69) is 5.32 Å². The molecule has 5 heteroatoms. The summed E-state index contributed by atoms with van der Waals surface area (Å²) in [5.41, 5.74) is 0.907. The maximum Gasteiger partial charge on any atom is 0.229 e. The fraction of sp³-hybridized carbons (Fsp3) is 0.133. The van der Waals surface area contributed by atoms with Gasteiger partial charge in [0, 0.05) is 10.6 Å². The molecule has 0 atom stereocenters. The molecule has 2 aromatic carbocycles. The first kappa shape index (κ1) is 14.5. The number of carbonyl (C=O) groups excluding carboxylic acids is 1. The van der Waals surface area contributed by atoms with Crippen LogP contribution in [0, 0.1) is 18.6 Å². The summed E-state index contributed by atoms with van der Waals surface area (Å²) in [6.07, 6.45) is -0.251. The van der Waals surface area contributed by atoms with Gasteiger partial charge in [0.15, 0.2) is 0 Å². The molecule has 0 fully saturated rings. The van der Waals surface area contributed by atoms with Gasteiger partial charge in [-0.25, -0.2) is 8.78 Å². The highest BCUT2D eigenvalue weighted by atomic mass is 35.5. The summed E-state index contributed by atoms with van der Waals surface area (Å²) in [6.45, 7) is 1.74. The first-order valence-corrected chi connectivity index (χ1v) is 6.34. The van der Waals surface area contributed by atoms with E-state index in [9.17, 15) is 13.6 Å². The summed E-state index contributed by atoms with van der Waals surface area (Å²) in [4.78, 5) is 11.8. The van der Waals surface area contributed by atoms with Crippen LogP contribution in [0.15, 0.2) is 36.4 Å². The van der Waals surface area contributed by atoms with Gasteiger partial charge in [-0.15, -0.1) is 0 Å². The van der Waals surface area contributed by atoms with E-state index in [1.165, 1.54) is 30.3 Å². The second-order valence-electron chi connectivity index (χ2n) is 4.41. The van der Waals surface area contributed by atoms with Crippen LogP contribution < -0.4 is 5.32 Å². The summed E-state index contributed by atoms with van der Waals surface area (Å²) >= 11 is 5.83. The Bertz CT molecular complexity index is 638. The number of anilines is 1. The zero-order valence-electron chi connectivity index (χ0n) is 10.7. The molecular formula is C15H12ClF2NO. The van der Waals surface area contributed by atoms with E-state index in [0.717, 1.165) is 5.56 Å². The largest absolute Gasteiger partial charge is 0.323 e. The Morgan fingerprint density at radius 3 is 2.60 bits per heavy atom. The molecule has 0 saturated heterocycles. The summed E-state index contributed by atoms with van der Waals surface area (Å²) in [6, 6.07) is 8.63. The van der Waals surface area contributed by atoms with Crippen LogP contribution in [-0.4, -0.2) is 5.91 Å². The van der Waals surface area contributed by atoms with Gasteiger partial charge in [0.25, 0.3) is 0 Å². The molecule has 0 aliphatic heterocycles. The third kappa shape index (κ3) is 3.33. The first-order chi connectivity index (χ1) is 9.47. The Morgan fingerprint density at radius 1 is 1.20 bits per heavy atom. The number of amides is 1. The van der Waals surface area contributed by atoms with Gasteiger partial charge in [-0.05, 0) is 36.8 Å². The number of halogens is 3. The third-order valence-corrected chi connectivity index (χ3v) is 3.15. The number of nitrogens with one attached hydrogen (secondary N) is 1. The maximum absolute atomic E-state index is 13.6. The van der Waals surface area contributed by atoms with Crippen molar-refractivity contribution in [2.45, 2.75) is 13.3 Å². The minimum absolute atomic E-state index is 0.0630. The average Bonchev–Trinajstić information content (AvgIpc) is 2.37. The lowest BCUT2D eigenvalue weighted by Gasteiger charge is -2.08. The smallest absolute Gasteiger partial charge is 0.229 e. The van der Waals surface area contributed by atoms with Crippen LogP contribution in [0.1, 0.15) is 11.1 Å². The Labute approximate surface area is 120 Å². The number of benzene rings is 2. The number of hydrogen-bond acceptors (Lipinski definition) is 1. The van der Waals surface area contributed by atoms with Crippen molar-refractivity contribution in [3.63, 3.8) is 0 Å². The molecule has 0 aliphatic carbocycles. The van der Waals surface area contributed by atoms with Gasteiger partial charge in [-0.3, -0.25) is 4.79 Å². The van der Waals surface area contributed by atoms with Crippen LogP contribution in [0.2, 0.25) is 5.02 Å². The van der Waals surface area contributed by atoms with Crippen molar-refractivity contribution >= 4 is 23.2 Å². The van der Waals surface area contributed by atoms with Gasteiger partial charge >= 0.3 is 0 Å². The van der Waals surface area contributed by atoms with Crippen LogP contribution in [0.4, 0.5) is 14.5 Å². The maximum atomic E-state index is 13.6. The monoisotopic (exact) mass is 295 g/mol. The zero-order chi connectivity index (χ0) is 14.7. The molecule has 20 heavy (non-hydrogen) atoms. The average molecular weight is 296 g/mol. The highest BCUT2D eigenvalue weighted by Crippen LogP contribution is 2.21. The number of carbonyl (C=O) groups is 1. The highest BCUT2D eigenvalue weighted by molar-refractivity contribution is 6.31. The van der Waals surface area contributed by atoms with Gasteiger partial charge in [-0.1, -0.05) is 23.7 Å². The SMILES string of the molecule is Cc1ccc(NC(=O)Cc2c(F)cccc2Cl)c(F)c1. The van der Waals surface area contributed by atoms with Crippen molar-refractivity contribution in [1.82, 2.24) is 0 Å². The van der Waals surface area contributed by atoms with Crippen molar-refractivity contribution in [3.05, 3.63) is 64.2 Å². The zero-order valence-corrected chi connectivity index (χ0v) is 11.5. The Hall–Kier alpha value is -1.94. The molecule has 2 nitrogen and oxygen atoms in total. The van der Waals surface area contributed by atoms with E-state index < -0.39 is 17.5 Å². The number of aryl methyl sites for hydroxylation is 1. The predicted molar refractivity (Wildman–Crippen MR) is 74.9 cm³/mol. The van der Waals surface area contributed by atoms with Gasteiger partial charge in [0.1, 0.15) is 11.6 Å². The van der Waals surface area contributed by atoms with Crippen LogP contribution in [0.3, 0.4) is 0 Å². The molecule has 0 aromatic heterocycles. The highest BCUT2D eigenvalue weighted by Gasteiger charge is 2.13. The molecular weight excluding hydrogens is 284 g/mol. The standard InChI is InChI=1S/C15H12ClF2NO/c1-9-5-6-14(13(18)7-9)19-15(20)8-10-11(16)3-2-4-12(10)17/h2-7H,8H2,1H3,(H,19,20).